The highest BCUT2D eigenvalue weighted by Crippen LogP contribution is 2.40. The van der Waals surface area contributed by atoms with E-state index >= 15 is 0 Å². The number of hydrogen-bond acceptors (Lipinski definition) is 6. The molecule has 0 aromatic carbocycles. The Hall–Kier alpha value is -4.24. The lowest BCUT2D eigenvalue weighted by atomic mass is 9.95. The van der Waals surface area contributed by atoms with Gasteiger partial charge in [-0.2, -0.15) is 0 Å². The largest absolute Gasteiger partial charge is 0.358 e. The molecule has 2 unspecified atom stereocenters. The number of rotatable bonds is 5. The summed E-state index contributed by atoms with van der Waals surface area (Å²) < 4.78 is 0. The third-order valence-corrected chi connectivity index (χ3v) is 10.8. The summed E-state index contributed by atoms with van der Waals surface area (Å²) in [5.74, 6) is -0.00538. The van der Waals surface area contributed by atoms with Crippen molar-refractivity contribution in [1.82, 2.24) is 9.97 Å². The third kappa shape index (κ3) is 5.58. The molecule has 0 aliphatic carbocycles. The Balaban J connectivity index is 1.52. The Morgan fingerprint density at radius 2 is 1.67 bits per heavy atom. The summed E-state index contributed by atoms with van der Waals surface area (Å²) >= 11 is 8.52. The van der Waals surface area contributed by atoms with Gasteiger partial charge in [-0.25, -0.2) is 4.99 Å². The van der Waals surface area contributed by atoms with Gasteiger partial charge >= 0.3 is 0 Å². The van der Waals surface area contributed by atoms with Gasteiger partial charge in [0.2, 0.25) is 0 Å². The average molecular weight is 645 g/mol. The van der Waals surface area contributed by atoms with E-state index in [0.29, 0.717) is 5.57 Å². The van der Waals surface area contributed by atoms with Crippen LogP contribution in [0.3, 0.4) is 0 Å². The Kier molecular flexibility index (Phi) is 7.81. The van der Waals surface area contributed by atoms with E-state index in [1.165, 1.54) is 19.5 Å². The van der Waals surface area contributed by atoms with Crippen LogP contribution in [0.5, 0.6) is 0 Å². The monoisotopic (exact) mass is 644 g/mol. The first-order valence-corrected chi connectivity index (χ1v) is 16.9. The standard InChI is InChI=1S/C37H32N4OS3/c1-20(19-42)5-16-32(43)35-26-10-8-24(38-26)23(4)25-9-11-28(39-25)36(33-17-6-21(2)44-33)30-14-15-31(41-30)37(29-13-12-27(35)40-29)34-18-7-22(3)45-34/h5-19,31,37-38,40,43H,1-4H3/b20-5+,24-23?,32-16-,35-26?,36-28?. The second kappa shape index (κ2) is 11.9. The number of aliphatic imine (C=N–C) groups is 2. The third-order valence-electron chi connectivity index (χ3n) is 8.29. The lowest BCUT2D eigenvalue weighted by molar-refractivity contribution is -0.104. The highest BCUT2D eigenvalue weighted by molar-refractivity contribution is 7.85. The van der Waals surface area contributed by atoms with Crippen LogP contribution in [0.25, 0.3) is 16.7 Å². The van der Waals surface area contributed by atoms with Crippen LogP contribution in [0.4, 0.5) is 0 Å². The maximum atomic E-state index is 11.3. The predicted octanol–water partition coefficient (Wildman–Crippen LogP) is 7.36. The summed E-state index contributed by atoms with van der Waals surface area (Å²) in [6, 6.07) is 17.1. The smallest absolute Gasteiger partial charge is 0.145 e. The Labute approximate surface area is 275 Å². The molecule has 7 rings (SSSR count). The molecule has 0 radical (unpaired) electrons. The van der Waals surface area contributed by atoms with Crippen molar-refractivity contribution in [3.63, 3.8) is 0 Å². The predicted molar refractivity (Wildman–Crippen MR) is 193 cm³/mol. The number of thiophene rings is 2. The van der Waals surface area contributed by atoms with Gasteiger partial charge in [-0.3, -0.25) is 9.79 Å². The molecular weight excluding hydrogens is 613 g/mol. The van der Waals surface area contributed by atoms with Crippen molar-refractivity contribution in [3.8, 4) is 0 Å². The summed E-state index contributed by atoms with van der Waals surface area (Å²) in [5.41, 5.74) is 8.45. The van der Waals surface area contributed by atoms with E-state index in [4.69, 9.17) is 22.6 Å². The second-order valence-electron chi connectivity index (χ2n) is 11.5. The summed E-state index contributed by atoms with van der Waals surface area (Å²) in [6.45, 7) is 8.16. The first-order chi connectivity index (χ1) is 21.8. The number of aryl methyl sites for hydroxylation is 2. The number of aromatic nitrogens is 2. The van der Waals surface area contributed by atoms with Crippen LogP contribution in [0, 0.1) is 13.8 Å². The zero-order chi connectivity index (χ0) is 31.2. The Morgan fingerprint density at radius 1 is 0.867 bits per heavy atom. The van der Waals surface area contributed by atoms with Gasteiger partial charge in [0.25, 0.3) is 0 Å². The van der Waals surface area contributed by atoms with Crippen molar-refractivity contribution in [2.24, 2.45) is 9.98 Å². The molecule has 5 nitrogen and oxygen atoms in total. The number of carbonyl (C=O) groups is 1. The van der Waals surface area contributed by atoms with Crippen molar-refractivity contribution >= 4 is 69.7 Å². The minimum atomic E-state index is -0.0963. The van der Waals surface area contributed by atoms with E-state index in [9.17, 15) is 4.79 Å². The molecule has 4 aromatic heterocycles. The number of carbonyl (C=O) groups excluding carboxylic acids is 1. The van der Waals surface area contributed by atoms with Gasteiger partial charge < -0.3 is 9.97 Å². The molecule has 3 aliphatic heterocycles. The van der Waals surface area contributed by atoms with Crippen molar-refractivity contribution in [2.75, 3.05) is 0 Å². The fourth-order valence-electron chi connectivity index (χ4n) is 5.95. The van der Waals surface area contributed by atoms with E-state index in [1.807, 2.05) is 6.08 Å². The van der Waals surface area contributed by atoms with E-state index < -0.39 is 0 Å². The van der Waals surface area contributed by atoms with Crippen molar-refractivity contribution in [1.29, 1.82) is 0 Å². The van der Waals surface area contributed by atoms with Crippen molar-refractivity contribution in [2.45, 2.75) is 39.7 Å². The first kappa shape index (κ1) is 29.5. The fraction of sp³-hybridized carbons (Fsp3) is 0.162. The summed E-state index contributed by atoms with van der Waals surface area (Å²) in [4.78, 5) is 35.0. The average Bonchev–Trinajstić information content (AvgIpc) is 3.87. The fourth-order valence-corrected chi connectivity index (χ4v) is 8.23. The molecule has 0 spiro atoms. The SMILES string of the molecule is CC1=c2ccc([nH]2)=C(/C(S)=C/C=C(\C)C=O)c2ccc([nH]2)C(c2ccc(C)s2)C2C=CC(=N2)C(c2ccc(C)s2)=C2C=CC1=N2. The van der Waals surface area contributed by atoms with Crippen molar-refractivity contribution in [3.05, 3.63) is 143 Å². The van der Waals surface area contributed by atoms with Crippen LogP contribution in [0.2, 0.25) is 0 Å². The van der Waals surface area contributed by atoms with Crippen LogP contribution in [0.15, 0.2) is 111 Å². The van der Waals surface area contributed by atoms with E-state index in [-0.39, 0.29) is 12.0 Å². The molecule has 0 amide bonds. The highest BCUT2D eigenvalue weighted by Gasteiger charge is 2.31. The quantitative estimate of drug-likeness (QED) is 0.0904. The number of thiol groups is 1. The Bertz CT molecular complexity index is 2200. The lowest BCUT2D eigenvalue weighted by Gasteiger charge is -2.19. The summed E-state index contributed by atoms with van der Waals surface area (Å²) in [6.07, 6.45) is 13.1. The molecular formula is C37H32N4OS3. The molecule has 224 valence electrons. The van der Waals surface area contributed by atoms with Gasteiger partial charge in [0.1, 0.15) is 6.29 Å². The van der Waals surface area contributed by atoms with Crippen molar-refractivity contribution < 1.29 is 4.79 Å². The van der Waals surface area contributed by atoms with E-state index in [1.54, 1.807) is 35.7 Å². The number of H-pyrrole nitrogens is 2. The maximum absolute atomic E-state index is 11.3. The minimum Gasteiger partial charge on any atom is -0.358 e. The molecule has 0 saturated heterocycles. The van der Waals surface area contributed by atoms with Crippen LogP contribution in [0.1, 0.15) is 50.7 Å². The number of allylic oxidation sites excluding steroid dienone is 8. The number of nitrogens with one attached hydrogen (secondary N) is 2. The molecule has 8 heteroatoms. The minimum absolute atomic E-state index is 0.00538. The van der Waals surface area contributed by atoms with Crippen LogP contribution in [-0.4, -0.2) is 33.7 Å². The molecule has 7 heterocycles. The van der Waals surface area contributed by atoms with Gasteiger partial charge in [-0.15, -0.1) is 35.3 Å². The lowest BCUT2D eigenvalue weighted by Crippen LogP contribution is -2.18. The topological polar surface area (TPSA) is 73.4 Å². The van der Waals surface area contributed by atoms with Gasteiger partial charge in [-0.05, 0) is 112 Å². The highest BCUT2D eigenvalue weighted by atomic mass is 32.1. The molecule has 2 atom stereocenters. The molecule has 4 aromatic rings. The zero-order valence-electron chi connectivity index (χ0n) is 25.4. The number of aldehydes is 1. The van der Waals surface area contributed by atoms with Crippen LogP contribution >= 0.6 is 35.3 Å². The molecule has 8 bridgehead atoms. The molecule has 45 heavy (non-hydrogen) atoms. The van der Waals surface area contributed by atoms with Crippen LogP contribution in [-0.2, 0) is 4.79 Å². The number of aromatic amines is 2. The van der Waals surface area contributed by atoms with E-state index in [0.717, 1.165) is 67.1 Å². The maximum Gasteiger partial charge on any atom is 0.145 e. The number of nitrogens with zero attached hydrogens (tertiary/aromatic N) is 2. The van der Waals surface area contributed by atoms with E-state index in [2.05, 4.69) is 104 Å². The molecule has 0 fully saturated rings. The molecule has 3 aliphatic rings. The van der Waals surface area contributed by atoms with Gasteiger partial charge in [0.05, 0.1) is 29.1 Å². The molecule has 0 saturated carbocycles. The van der Waals surface area contributed by atoms with Crippen LogP contribution < -0.4 is 10.7 Å². The van der Waals surface area contributed by atoms with Gasteiger partial charge in [0, 0.05) is 57.6 Å². The van der Waals surface area contributed by atoms with Gasteiger partial charge in [0.15, 0.2) is 0 Å². The second-order valence-corrected chi connectivity index (χ2v) is 14.6. The zero-order valence-corrected chi connectivity index (χ0v) is 27.9. The Morgan fingerprint density at radius 3 is 2.42 bits per heavy atom. The summed E-state index contributed by atoms with van der Waals surface area (Å²) in [7, 11) is 0. The molecule has 2 N–H and O–H groups in total. The van der Waals surface area contributed by atoms with Gasteiger partial charge in [-0.1, -0.05) is 12.2 Å². The summed E-state index contributed by atoms with van der Waals surface area (Å²) in [5, 5.41) is 1.89. The number of hydrogen-bond donors (Lipinski definition) is 3. The first-order valence-electron chi connectivity index (χ1n) is 14.8. The normalized spacial score (nSPS) is 19.9. The number of fused-ring (bicyclic) bond motifs is 6.